The number of halogens is 3. The third-order valence-corrected chi connectivity index (χ3v) is 7.09. The van der Waals surface area contributed by atoms with Crippen molar-refractivity contribution in [3.05, 3.63) is 71.0 Å². The van der Waals surface area contributed by atoms with E-state index in [1.165, 1.54) is 0 Å². The molecule has 6 nitrogen and oxygen atoms in total. The fourth-order valence-corrected chi connectivity index (χ4v) is 5.44. The van der Waals surface area contributed by atoms with Gasteiger partial charge in [-0.3, -0.25) is 4.79 Å². The van der Waals surface area contributed by atoms with Crippen molar-refractivity contribution in [2.24, 2.45) is 11.7 Å². The standard InChI is InChI=1S/C26H30F3N3O3/c1-2-35-26(34)31-24(15-6-4-3-5-7-15)25(33)32-18-8-9-19(32)11-17(10-18)23(30)13-16-12-21(28)22(29)14-20(16)27/h3-7,12,14,17-19,23-24H,2,8-11,13,30H2,1H3,(H,31,34)/t17?,18-,19+,23-,24+/m1/s1. The van der Waals surface area contributed by atoms with Gasteiger partial charge in [-0.1, -0.05) is 30.3 Å². The first kappa shape index (κ1) is 25.0. The van der Waals surface area contributed by atoms with E-state index in [2.05, 4.69) is 5.32 Å². The molecule has 2 aromatic carbocycles. The van der Waals surface area contributed by atoms with Crippen molar-refractivity contribution in [1.82, 2.24) is 10.2 Å². The van der Waals surface area contributed by atoms with Gasteiger partial charge in [0, 0.05) is 24.2 Å². The molecular formula is C26H30F3N3O3. The second-order valence-corrected chi connectivity index (χ2v) is 9.30. The molecule has 2 fully saturated rings. The molecule has 0 radical (unpaired) electrons. The van der Waals surface area contributed by atoms with Crippen molar-refractivity contribution < 1.29 is 27.5 Å². The second-order valence-electron chi connectivity index (χ2n) is 9.30. The van der Waals surface area contributed by atoms with Gasteiger partial charge in [-0.25, -0.2) is 18.0 Å². The van der Waals surface area contributed by atoms with E-state index in [1.807, 2.05) is 11.0 Å². The topological polar surface area (TPSA) is 84.7 Å². The van der Waals surface area contributed by atoms with Gasteiger partial charge in [0.05, 0.1) is 6.61 Å². The van der Waals surface area contributed by atoms with Gasteiger partial charge in [0.1, 0.15) is 11.9 Å². The summed E-state index contributed by atoms with van der Waals surface area (Å²) in [6.45, 7) is 1.88. The fourth-order valence-electron chi connectivity index (χ4n) is 5.44. The smallest absolute Gasteiger partial charge is 0.408 e. The maximum Gasteiger partial charge on any atom is 0.408 e. The van der Waals surface area contributed by atoms with Crippen molar-refractivity contribution in [2.75, 3.05) is 6.61 Å². The van der Waals surface area contributed by atoms with Gasteiger partial charge in [0.2, 0.25) is 5.91 Å². The number of amides is 2. The minimum atomic E-state index is -1.23. The number of carbonyl (C=O) groups excluding carboxylic acids is 2. The molecule has 1 unspecified atom stereocenters. The summed E-state index contributed by atoms with van der Waals surface area (Å²) in [5.41, 5.74) is 7.11. The lowest BCUT2D eigenvalue weighted by Gasteiger charge is -2.42. The third-order valence-electron chi connectivity index (χ3n) is 7.09. The average Bonchev–Trinajstić information content (AvgIpc) is 3.10. The first-order valence-electron chi connectivity index (χ1n) is 12.0. The Hall–Kier alpha value is -3.07. The first-order valence-corrected chi connectivity index (χ1v) is 12.0. The Labute approximate surface area is 202 Å². The number of fused-ring (bicyclic) bond motifs is 2. The van der Waals surface area contributed by atoms with E-state index in [4.69, 9.17) is 10.5 Å². The highest BCUT2D eigenvalue weighted by molar-refractivity contribution is 5.87. The zero-order chi connectivity index (χ0) is 25.1. The zero-order valence-electron chi connectivity index (χ0n) is 19.6. The Kier molecular flexibility index (Phi) is 7.64. The van der Waals surface area contributed by atoms with Gasteiger partial charge in [0.15, 0.2) is 11.6 Å². The second kappa shape index (κ2) is 10.7. The van der Waals surface area contributed by atoms with Gasteiger partial charge in [-0.15, -0.1) is 0 Å². The molecule has 188 valence electrons. The summed E-state index contributed by atoms with van der Waals surface area (Å²) in [5, 5.41) is 2.70. The Balaban J connectivity index is 1.48. The predicted octanol–water partition coefficient (Wildman–Crippen LogP) is 4.23. The summed E-state index contributed by atoms with van der Waals surface area (Å²) in [6, 6.07) is 8.96. The number of benzene rings is 2. The number of carbonyl (C=O) groups is 2. The molecule has 0 spiro atoms. The van der Waals surface area contributed by atoms with E-state index in [9.17, 15) is 22.8 Å². The maximum absolute atomic E-state index is 14.1. The summed E-state index contributed by atoms with van der Waals surface area (Å²) < 4.78 is 46.0. The molecule has 0 saturated carbocycles. The molecular weight excluding hydrogens is 459 g/mol. The van der Waals surface area contributed by atoms with Crippen LogP contribution in [-0.4, -0.2) is 41.6 Å². The van der Waals surface area contributed by atoms with Crippen LogP contribution in [-0.2, 0) is 16.0 Å². The minimum Gasteiger partial charge on any atom is -0.450 e. The van der Waals surface area contributed by atoms with E-state index in [0.717, 1.165) is 18.9 Å². The average molecular weight is 490 g/mol. The minimum absolute atomic E-state index is 0.00254. The monoisotopic (exact) mass is 489 g/mol. The van der Waals surface area contributed by atoms with Crippen LogP contribution in [0, 0.1) is 23.4 Å². The van der Waals surface area contributed by atoms with Crippen molar-refractivity contribution in [3.63, 3.8) is 0 Å². The summed E-state index contributed by atoms with van der Waals surface area (Å²) in [5.74, 6) is -3.34. The van der Waals surface area contributed by atoms with Crippen LogP contribution in [0.5, 0.6) is 0 Å². The molecule has 5 atom stereocenters. The lowest BCUT2D eigenvalue weighted by atomic mass is 9.82. The van der Waals surface area contributed by atoms with Crippen LogP contribution in [0.1, 0.15) is 49.8 Å². The van der Waals surface area contributed by atoms with E-state index < -0.39 is 35.6 Å². The van der Waals surface area contributed by atoms with Gasteiger partial charge >= 0.3 is 6.09 Å². The SMILES string of the molecule is CCOC(=O)N[C@H](C(=O)N1[C@@H]2CC[C@H]1CC([C@H](N)Cc1cc(F)c(F)cc1F)C2)c1ccccc1. The van der Waals surface area contributed by atoms with Gasteiger partial charge in [-0.05, 0) is 62.1 Å². The van der Waals surface area contributed by atoms with E-state index >= 15 is 0 Å². The molecule has 2 bridgehead atoms. The summed E-state index contributed by atoms with van der Waals surface area (Å²) >= 11 is 0. The molecule has 35 heavy (non-hydrogen) atoms. The van der Waals surface area contributed by atoms with Gasteiger partial charge < -0.3 is 20.7 Å². The number of piperidine rings is 1. The number of alkyl carbamates (subject to hydrolysis) is 1. The highest BCUT2D eigenvalue weighted by atomic mass is 19.2. The normalized spacial score (nSPS) is 23.0. The Bertz CT molecular complexity index is 1050. The number of hydrogen-bond acceptors (Lipinski definition) is 4. The molecule has 2 amide bonds. The highest BCUT2D eigenvalue weighted by Gasteiger charge is 2.46. The molecule has 0 aliphatic carbocycles. The molecule has 0 aromatic heterocycles. The van der Waals surface area contributed by atoms with Gasteiger partial charge in [-0.2, -0.15) is 0 Å². The lowest BCUT2D eigenvalue weighted by Crippen LogP contribution is -2.53. The van der Waals surface area contributed by atoms with Crippen LogP contribution < -0.4 is 11.1 Å². The number of ether oxygens (including phenoxy) is 1. The van der Waals surface area contributed by atoms with Gasteiger partial charge in [0.25, 0.3) is 0 Å². The highest BCUT2D eigenvalue weighted by Crippen LogP contribution is 2.41. The molecule has 4 rings (SSSR count). The quantitative estimate of drug-likeness (QED) is 0.570. The van der Waals surface area contributed by atoms with Crippen LogP contribution in [0.4, 0.5) is 18.0 Å². The molecule has 2 aliphatic rings. The van der Waals surface area contributed by atoms with Crippen molar-refractivity contribution in [3.8, 4) is 0 Å². The van der Waals surface area contributed by atoms with Crippen molar-refractivity contribution >= 4 is 12.0 Å². The summed E-state index contributed by atoms with van der Waals surface area (Å²) in [7, 11) is 0. The maximum atomic E-state index is 14.1. The summed E-state index contributed by atoms with van der Waals surface area (Å²) in [4.78, 5) is 27.7. The molecule has 9 heteroatoms. The molecule has 2 saturated heterocycles. The number of rotatable bonds is 7. The fraction of sp³-hybridized carbons (Fsp3) is 0.462. The predicted molar refractivity (Wildman–Crippen MR) is 124 cm³/mol. The lowest BCUT2D eigenvalue weighted by molar-refractivity contribution is -0.139. The Morgan fingerprint density at radius 2 is 1.69 bits per heavy atom. The van der Waals surface area contributed by atoms with Crippen LogP contribution in [0.15, 0.2) is 42.5 Å². The molecule has 3 N–H and O–H groups in total. The molecule has 2 heterocycles. The number of nitrogens with zero attached hydrogens (tertiary/aromatic N) is 1. The Morgan fingerprint density at radius 1 is 1.06 bits per heavy atom. The Morgan fingerprint density at radius 3 is 2.31 bits per heavy atom. The number of hydrogen-bond donors (Lipinski definition) is 2. The zero-order valence-corrected chi connectivity index (χ0v) is 19.6. The number of nitrogens with two attached hydrogens (primary N) is 1. The third kappa shape index (κ3) is 5.45. The van der Waals surface area contributed by atoms with Crippen LogP contribution >= 0.6 is 0 Å². The summed E-state index contributed by atoms with van der Waals surface area (Å²) in [6.07, 6.45) is 2.27. The van der Waals surface area contributed by atoms with E-state index in [1.54, 1.807) is 31.2 Å². The van der Waals surface area contributed by atoms with E-state index in [0.29, 0.717) is 24.5 Å². The first-order chi connectivity index (χ1) is 16.8. The molecule has 2 aliphatic heterocycles. The van der Waals surface area contributed by atoms with Crippen LogP contribution in [0.3, 0.4) is 0 Å². The molecule has 2 aromatic rings. The largest absolute Gasteiger partial charge is 0.450 e. The van der Waals surface area contributed by atoms with Crippen LogP contribution in [0.2, 0.25) is 0 Å². The van der Waals surface area contributed by atoms with Crippen molar-refractivity contribution in [1.29, 1.82) is 0 Å². The van der Waals surface area contributed by atoms with Crippen molar-refractivity contribution in [2.45, 2.75) is 63.2 Å². The van der Waals surface area contributed by atoms with Crippen LogP contribution in [0.25, 0.3) is 0 Å². The number of nitrogens with one attached hydrogen (secondary N) is 1. The van der Waals surface area contributed by atoms with E-state index in [-0.39, 0.29) is 42.5 Å².